The number of nitrogens with one attached hydrogen (secondary N) is 2. The van der Waals surface area contributed by atoms with Crippen LogP contribution >= 0.6 is 0 Å². The van der Waals surface area contributed by atoms with Gasteiger partial charge in [0.05, 0.1) is 0 Å². The Morgan fingerprint density at radius 3 is 2.45 bits per heavy atom. The molecule has 0 aromatic heterocycles. The van der Waals surface area contributed by atoms with Crippen molar-refractivity contribution in [1.29, 1.82) is 0 Å². The molecule has 1 rings (SSSR count). The van der Waals surface area contributed by atoms with Gasteiger partial charge < -0.3 is 0 Å². The van der Waals surface area contributed by atoms with E-state index < -0.39 is 0 Å². The fourth-order valence-electron chi connectivity index (χ4n) is 0.749. The Kier molecular flexibility index (Phi) is 5.56. The average Bonchev–Trinajstić information content (AvgIpc) is 2.42. The Morgan fingerprint density at radius 1 is 1.45 bits per heavy atom. The average molecular weight is 158 g/mol. The van der Waals surface area contributed by atoms with Crippen molar-refractivity contribution in [3.8, 4) is 0 Å². The Morgan fingerprint density at radius 2 is 2.09 bits per heavy atom. The minimum atomic E-state index is 0.997. The van der Waals surface area contributed by atoms with Crippen molar-refractivity contribution in [2.45, 2.75) is 34.1 Å². The first-order valence-electron chi connectivity index (χ1n) is 4.17. The van der Waals surface area contributed by atoms with Crippen molar-refractivity contribution in [3.63, 3.8) is 0 Å². The molecule has 1 aliphatic rings. The zero-order valence-electron chi connectivity index (χ0n) is 7.81. The molecule has 11 heavy (non-hydrogen) atoms. The van der Waals surface area contributed by atoms with E-state index in [1.54, 1.807) is 0 Å². The molecule has 1 aliphatic heterocycles. The molecule has 0 aliphatic carbocycles. The van der Waals surface area contributed by atoms with Crippen LogP contribution in [0.4, 0.5) is 0 Å². The summed E-state index contributed by atoms with van der Waals surface area (Å²) in [5.74, 6) is 0.997. The molecule has 0 amide bonds. The molecular weight excluding hydrogens is 140 g/mol. The van der Waals surface area contributed by atoms with Crippen LogP contribution in [0.1, 0.15) is 34.1 Å². The Bertz CT molecular complexity index is 122. The first-order chi connectivity index (χ1) is 5.34. The lowest BCUT2D eigenvalue weighted by Gasteiger charge is -2.14. The summed E-state index contributed by atoms with van der Waals surface area (Å²) < 4.78 is 0. The molecule has 0 aromatic rings. The monoisotopic (exact) mass is 158 g/mol. The largest absolute Gasteiger partial charge is 0.275 e. The van der Waals surface area contributed by atoms with Crippen LogP contribution in [-0.4, -0.2) is 17.4 Å². The van der Waals surface area contributed by atoms with Gasteiger partial charge in [0.15, 0.2) is 0 Å². The van der Waals surface area contributed by atoms with Crippen molar-refractivity contribution in [2.75, 3.05) is 6.54 Å². The quantitative estimate of drug-likeness (QED) is 0.631. The number of hydrazone groups is 1. The maximum Gasteiger partial charge on any atom is 0.138 e. The Balaban J connectivity index is 0.000000461. The number of rotatable bonds is 2. The number of nitrogens with zero attached hydrogens (tertiary/aromatic N) is 2. The summed E-state index contributed by atoms with van der Waals surface area (Å²) in [5, 5.41) is 5.89. The van der Waals surface area contributed by atoms with Gasteiger partial charge in [0, 0.05) is 6.54 Å². The number of hydrogen-bond donors (Lipinski definition) is 2. The normalized spacial score (nSPS) is 14.9. The molecule has 4 heteroatoms. The number of amidine groups is 1. The second kappa shape index (κ2) is 5.97. The fourth-order valence-corrected chi connectivity index (χ4v) is 0.749. The summed E-state index contributed by atoms with van der Waals surface area (Å²) in [7, 11) is 0. The Hall–Kier alpha value is -0.770. The molecule has 0 radical (unpaired) electrons. The van der Waals surface area contributed by atoms with E-state index in [1.807, 2.05) is 25.8 Å². The van der Waals surface area contributed by atoms with Crippen molar-refractivity contribution in [2.24, 2.45) is 5.10 Å². The maximum atomic E-state index is 3.92. The highest BCUT2D eigenvalue weighted by Crippen LogP contribution is 1.91. The molecule has 1 heterocycles. The molecule has 0 unspecified atom stereocenters. The van der Waals surface area contributed by atoms with Crippen LogP contribution in [0.2, 0.25) is 0 Å². The standard InChI is InChI=1S/C5H12N4.C2H6/c1-3-4-9-5(2)6-7-8-9;1-2/h7-8H,3-4H2,1-2H3;1-2H3. The molecule has 0 bridgehead atoms. The zero-order valence-corrected chi connectivity index (χ0v) is 7.81. The minimum Gasteiger partial charge on any atom is -0.275 e. The van der Waals surface area contributed by atoms with Crippen molar-refractivity contribution < 1.29 is 0 Å². The van der Waals surface area contributed by atoms with Gasteiger partial charge in [-0.2, -0.15) is 0 Å². The van der Waals surface area contributed by atoms with Crippen molar-refractivity contribution in [1.82, 2.24) is 16.1 Å². The van der Waals surface area contributed by atoms with Crippen LogP contribution in [0.15, 0.2) is 5.10 Å². The van der Waals surface area contributed by atoms with E-state index >= 15 is 0 Å². The van der Waals surface area contributed by atoms with Crippen LogP contribution in [0, 0.1) is 0 Å². The molecule has 0 aromatic carbocycles. The molecular formula is C7H18N4. The molecule has 66 valence electrons. The summed E-state index contributed by atoms with van der Waals surface area (Å²) in [6, 6.07) is 0. The molecule has 2 N–H and O–H groups in total. The van der Waals surface area contributed by atoms with E-state index in [2.05, 4.69) is 23.1 Å². The smallest absolute Gasteiger partial charge is 0.138 e. The lowest BCUT2D eigenvalue weighted by Crippen LogP contribution is -2.40. The van der Waals surface area contributed by atoms with E-state index in [1.165, 1.54) is 0 Å². The van der Waals surface area contributed by atoms with Crippen LogP contribution in [0.25, 0.3) is 0 Å². The summed E-state index contributed by atoms with van der Waals surface area (Å²) in [6.07, 6.45) is 1.13. The van der Waals surface area contributed by atoms with Gasteiger partial charge in [-0.3, -0.25) is 5.01 Å². The molecule has 4 nitrogen and oxygen atoms in total. The van der Waals surface area contributed by atoms with Crippen molar-refractivity contribution in [3.05, 3.63) is 0 Å². The van der Waals surface area contributed by atoms with E-state index in [-0.39, 0.29) is 0 Å². The van der Waals surface area contributed by atoms with Crippen molar-refractivity contribution >= 4 is 5.84 Å². The van der Waals surface area contributed by atoms with Crippen LogP contribution in [0.5, 0.6) is 0 Å². The van der Waals surface area contributed by atoms with Crippen LogP contribution in [-0.2, 0) is 0 Å². The summed E-state index contributed by atoms with van der Waals surface area (Å²) in [5.41, 5.74) is 5.56. The van der Waals surface area contributed by atoms with Gasteiger partial charge in [-0.1, -0.05) is 20.8 Å². The maximum absolute atomic E-state index is 3.92. The second-order valence-electron chi connectivity index (χ2n) is 2.03. The molecule has 0 saturated carbocycles. The Labute approximate surface area is 68.6 Å². The predicted octanol–water partition coefficient (Wildman–Crippen LogP) is 1.08. The first-order valence-corrected chi connectivity index (χ1v) is 4.17. The second-order valence-corrected chi connectivity index (χ2v) is 2.03. The molecule has 0 saturated heterocycles. The van der Waals surface area contributed by atoms with E-state index in [0.717, 1.165) is 18.8 Å². The minimum absolute atomic E-state index is 0.997. The van der Waals surface area contributed by atoms with Crippen LogP contribution < -0.4 is 11.1 Å². The van der Waals surface area contributed by atoms with E-state index in [0.29, 0.717) is 0 Å². The van der Waals surface area contributed by atoms with Gasteiger partial charge >= 0.3 is 0 Å². The highest BCUT2D eigenvalue weighted by molar-refractivity contribution is 5.79. The topological polar surface area (TPSA) is 39.7 Å². The van der Waals surface area contributed by atoms with Crippen LogP contribution in [0.3, 0.4) is 0 Å². The summed E-state index contributed by atoms with van der Waals surface area (Å²) in [6.45, 7) is 9.10. The highest BCUT2D eigenvalue weighted by Gasteiger charge is 2.08. The SMILES string of the molecule is CC.CCCN1NNN=C1C. The lowest BCUT2D eigenvalue weighted by atomic mass is 10.4. The third-order valence-corrected chi connectivity index (χ3v) is 1.24. The highest BCUT2D eigenvalue weighted by atomic mass is 15.8. The van der Waals surface area contributed by atoms with Gasteiger partial charge in [0.1, 0.15) is 5.84 Å². The van der Waals surface area contributed by atoms with E-state index in [4.69, 9.17) is 0 Å². The summed E-state index contributed by atoms with van der Waals surface area (Å²) >= 11 is 0. The number of hydrazine groups is 2. The third kappa shape index (κ3) is 3.23. The van der Waals surface area contributed by atoms with Gasteiger partial charge in [0.2, 0.25) is 0 Å². The predicted molar refractivity (Wildman–Crippen MR) is 47.7 cm³/mol. The number of hydrogen-bond acceptors (Lipinski definition) is 4. The summed E-state index contributed by atoms with van der Waals surface area (Å²) in [4.78, 5) is 0. The fraction of sp³-hybridized carbons (Fsp3) is 0.857. The van der Waals surface area contributed by atoms with E-state index in [9.17, 15) is 0 Å². The molecule has 0 atom stereocenters. The first kappa shape index (κ1) is 10.2. The van der Waals surface area contributed by atoms with Gasteiger partial charge in [-0.15, -0.1) is 10.6 Å². The van der Waals surface area contributed by atoms with Gasteiger partial charge in [-0.05, 0) is 13.3 Å². The zero-order chi connectivity index (χ0) is 8.69. The van der Waals surface area contributed by atoms with Gasteiger partial charge in [0.25, 0.3) is 0 Å². The van der Waals surface area contributed by atoms with Gasteiger partial charge in [-0.25, -0.2) is 5.53 Å². The lowest BCUT2D eigenvalue weighted by molar-refractivity contribution is 0.294. The molecule has 0 spiro atoms. The molecule has 0 fully saturated rings. The third-order valence-electron chi connectivity index (χ3n) is 1.24.